The van der Waals surface area contributed by atoms with Crippen molar-refractivity contribution < 1.29 is 23.9 Å². The number of amides is 3. The fourth-order valence-corrected chi connectivity index (χ4v) is 4.74. The Balaban J connectivity index is 1.45. The van der Waals surface area contributed by atoms with Crippen molar-refractivity contribution in [3.05, 3.63) is 0 Å². The minimum atomic E-state index is -0.712. The third kappa shape index (κ3) is 4.33. The lowest BCUT2D eigenvalue weighted by molar-refractivity contribution is -0.155. The SMILES string of the molecule is C[C@@H]1[C@H](C)CCC[C@@H]1NC(=O)COC(=O)CN1C(=O)[C@H]2CCCC[C@H]2C1=O. The predicted octanol–water partition coefficient (Wildman–Crippen LogP) is 1.65. The Hall–Kier alpha value is -1.92. The van der Waals surface area contributed by atoms with Gasteiger partial charge in [-0.2, -0.15) is 0 Å². The van der Waals surface area contributed by atoms with Crippen LogP contribution in [0.4, 0.5) is 0 Å². The quantitative estimate of drug-likeness (QED) is 0.580. The van der Waals surface area contributed by atoms with E-state index in [-0.39, 0.29) is 42.2 Å². The predicted molar refractivity (Wildman–Crippen MR) is 97.2 cm³/mol. The molecule has 1 N–H and O–H groups in total. The minimum absolute atomic E-state index is 0.102. The molecule has 0 spiro atoms. The van der Waals surface area contributed by atoms with E-state index in [0.29, 0.717) is 24.7 Å². The molecule has 2 aliphatic carbocycles. The largest absolute Gasteiger partial charge is 0.454 e. The molecular weight excluding hydrogens is 348 g/mol. The highest BCUT2D eigenvalue weighted by Crippen LogP contribution is 2.37. The molecule has 3 rings (SSSR count). The Labute approximate surface area is 160 Å². The van der Waals surface area contributed by atoms with Crippen LogP contribution in [0.3, 0.4) is 0 Å². The molecule has 0 aromatic carbocycles. The molecule has 3 fully saturated rings. The normalized spacial score (nSPS) is 33.6. The molecule has 1 saturated heterocycles. The van der Waals surface area contributed by atoms with Gasteiger partial charge in [0.1, 0.15) is 6.54 Å². The van der Waals surface area contributed by atoms with E-state index in [9.17, 15) is 19.2 Å². The monoisotopic (exact) mass is 378 g/mol. The van der Waals surface area contributed by atoms with Crippen molar-refractivity contribution in [1.29, 1.82) is 0 Å². The van der Waals surface area contributed by atoms with Crippen LogP contribution in [0, 0.1) is 23.7 Å². The molecule has 3 aliphatic rings. The van der Waals surface area contributed by atoms with Gasteiger partial charge >= 0.3 is 5.97 Å². The summed E-state index contributed by atoms with van der Waals surface area (Å²) < 4.78 is 5.02. The molecule has 7 heteroatoms. The molecule has 2 saturated carbocycles. The number of nitrogens with one attached hydrogen (secondary N) is 1. The van der Waals surface area contributed by atoms with E-state index in [4.69, 9.17) is 4.74 Å². The van der Waals surface area contributed by atoms with Gasteiger partial charge in [0.2, 0.25) is 11.8 Å². The van der Waals surface area contributed by atoms with Crippen LogP contribution in [-0.2, 0) is 23.9 Å². The molecule has 27 heavy (non-hydrogen) atoms. The Bertz CT molecular complexity index is 595. The van der Waals surface area contributed by atoms with E-state index < -0.39 is 12.5 Å². The Morgan fingerprint density at radius 2 is 1.63 bits per heavy atom. The van der Waals surface area contributed by atoms with Gasteiger partial charge in [-0.25, -0.2) is 0 Å². The molecule has 3 amide bonds. The summed E-state index contributed by atoms with van der Waals surface area (Å²) in [5, 5.41) is 2.94. The van der Waals surface area contributed by atoms with Crippen molar-refractivity contribution in [3.63, 3.8) is 0 Å². The number of fused-ring (bicyclic) bond motifs is 1. The van der Waals surface area contributed by atoms with Crippen LogP contribution in [0.1, 0.15) is 58.8 Å². The van der Waals surface area contributed by atoms with Crippen LogP contribution >= 0.6 is 0 Å². The number of carbonyl (C=O) groups excluding carboxylic acids is 4. The fourth-order valence-electron chi connectivity index (χ4n) is 4.74. The lowest BCUT2D eigenvalue weighted by Gasteiger charge is -2.34. The molecule has 0 aromatic heterocycles. The summed E-state index contributed by atoms with van der Waals surface area (Å²) in [6.45, 7) is 3.55. The molecule has 0 radical (unpaired) electrons. The number of likely N-dealkylation sites (tertiary alicyclic amines) is 1. The number of carbonyl (C=O) groups is 4. The number of imide groups is 1. The highest BCUT2D eigenvalue weighted by molar-refractivity contribution is 6.07. The van der Waals surface area contributed by atoms with Crippen molar-refractivity contribution in [2.45, 2.75) is 64.8 Å². The molecular formula is C20H30N2O5. The van der Waals surface area contributed by atoms with Crippen molar-refractivity contribution in [2.75, 3.05) is 13.2 Å². The van der Waals surface area contributed by atoms with Crippen molar-refractivity contribution in [2.24, 2.45) is 23.7 Å². The highest BCUT2D eigenvalue weighted by atomic mass is 16.5. The molecule has 0 bridgehead atoms. The average molecular weight is 378 g/mol. The lowest BCUT2D eigenvalue weighted by atomic mass is 9.78. The van der Waals surface area contributed by atoms with Gasteiger partial charge in [0, 0.05) is 6.04 Å². The smallest absolute Gasteiger partial charge is 0.326 e. The maximum Gasteiger partial charge on any atom is 0.326 e. The maximum absolute atomic E-state index is 12.4. The number of esters is 1. The Morgan fingerprint density at radius 3 is 2.26 bits per heavy atom. The second-order valence-electron chi connectivity index (χ2n) is 8.36. The van der Waals surface area contributed by atoms with E-state index in [0.717, 1.165) is 30.6 Å². The topological polar surface area (TPSA) is 92.8 Å². The van der Waals surface area contributed by atoms with E-state index in [1.807, 2.05) is 0 Å². The van der Waals surface area contributed by atoms with Gasteiger partial charge in [-0.1, -0.05) is 39.5 Å². The molecule has 0 aromatic rings. The van der Waals surface area contributed by atoms with E-state index in [1.54, 1.807) is 0 Å². The summed E-state index contributed by atoms with van der Waals surface area (Å²) in [6.07, 6.45) is 6.49. The van der Waals surface area contributed by atoms with Crippen molar-refractivity contribution in [3.8, 4) is 0 Å². The van der Waals surface area contributed by atoms with Crippen LogP contribution in [0.5, 0.6) is 0 Å². The van der Waals surface area contributed by atoms with Crippen LogP contribution in [-0.4, -0.2) is 47.8 Å². The summed E-state index contributed by atoms with van der Waals surface area (Å²) >= 11 is 0. The maximum atomic E-state index is 12.4. The number of nitrogens with zero attached hydrogens (tertiary/aromatic N) is 1. The van der Waals surface area contributed by atoms with Gasteiger partial charge in [-0.15, -0.1) is 0 Å². The van der Waals surface area contributed by atoms with Gasteiger partial charge in [0.25, 0.3) is 5.91 Å². The fraction of sp³-hybridized carbons (Fsp3) is 0.800. The van der Waals surface area contributed by atoms with Crippen molar-refractivity contribution in [1.82, 2.24) is 10.2 Å². The van der Waals surface area contributed by atoms with Crippen molar-refractivity contribution >= 4 is 23.7 Å². The molecule has 0 unspecified atom stereocenters. The summed E-state index contributed by atoms with van der Waals surface area (Å²) in [4.78, 5) is 49.9. The summed E-state index contributed by atoms with van der Waals surface area (Å²) in [5.74, 6) is -1.19. The highest BCUT2D eigenvalue weighted by Gasteiger charge is 2.48. The first-order chi connectivity index (χ1) is 12.9. The first-order valence-corrected chi connectivity index (χ1v) is 10.2. The molecule has 5 atom stereocenters. The first kappa shape index (κ1) is 19.8. The van der Waals surface area contributed by atoms with Gasteiger partial charge in [-0.3, -0.25) is 24.1 Å². The average Bonchev–Trinajstić information content (AvgIpc) is 2.89. The summed E-state index contributed by atoms with van der Waals surface area (Å²) in [5.41, 5.74) is 0. The second kappa shape index (κ2) is 8.40. The Kier molecular flexibility index (Phi) is 6.17. The summed E-state index contributed by atoms with van der Waals surface area (Å²) in [7, 11) is 0. The van der Waals surface area contributed by atoms with E-state index >= 15 is 0 Å². The first-order valence-electron chi connectivity index (χ1n) is 10.2. The van der Waals surface area contributed by atoms with E-state index in [1.165, 1.54) is 6.42 Å². The zero-order valence-electron chi connectivity index (χ0n) is 16.2. The second-order valence-corrected chi connectivity index (χ2v) is 8.36. The molecule has 1 aliphatic heterocycles. The molecule has 150 valence electrons. The molecule has 1 heterocycles. The van der Waals surface area contributed by atoms with Crippen LogP contribution in [0.25, 0.3) is 0 Å². The minimum Gasteiger partial charge on any atom is -0.454 e. The third-order valence-corrected chi connectivity index (χ3v) is 6.64. The number of hydrogen-bond acceptors (Lipinski definition) is 5. The van der Waals surface area contributed by atoms with Gasteiger partial charge in [0.15, 0.2) is 6.61 Å². The zero-order valence-corrected chi connectivity index (χ0v) is 16.2. The van der Waals surface area contributed by atoms with Crippen LogP contribution in [0.2, 0.25) is 0 Å². The number of ether oxygens (including phenoxy) is 1. The standard InChI is InChI=1S/C20H30N2O5/c1-12-6-5-9-16(13(12)2)21-17(23)11-27-18(24)10-22-19(25)14-7-3-4-8-15(14)20(22)26/h12-16H,3-11H2,1-2H3,(H,21,23)/t12-,13-,14-,15+,16+/m1/s1. The zero-order chi connectivity index (χ0) is 19.6. The Morgan fingerprint density at radius 1 is 1.00 bits per heavy atom. The number of rotatable bonds is 5. The third-order valence-electron chi connectivity index (χ3n) is 6.64. The van der Waals surface area contributed by atoms with Crippen LogP contribution in [0.15, 0.2) is 0 Å². The lowest BCUT2D eigenvalue weighted by Crippen LogP contribution is -2.45. The van der Waals surface area contributed by atoms with Gasteiger partial charge in [0.05, 0.1) is 11.8 Å². The van der Waals surface area contributed by atoms with E-state index in [2.05, 4.69) is 19.2 Å². The van der Waals surface area contributed by atoms with Gasteiger partial charge < -0.3 is 10.1 Å². The van der Waals surface area contributed by atoms with Gasteiger partial charge in [-0.05, 0) is 31.1 Å². The number of hydrogen-bond donors (Lipinski definition) is 1. The van der Waals surface area contributed by atoms with Crippen LogP contribution < -0.4 is 5.32 Å². The summed E-state index contributed by atoms with van der Waals surface area (Å²) in [6, 6.07) is 0.102. The molecule has 7 nitrogen and oxygen atoms in total.